The van der Waals surface area contributed by atoms with Gasteiger partial charge in [-0.05, 0) is 30.8 Å². The summed E-state index contributed by atoms with van der Waals surface area (Å²) in [5, 5.41) is 5.25. The highest BCUT2D eigenvalue weighted by Crippen LogP contribution is 2.34. The summed E-state index contributed by atoms with van der Waals surface area (Å²) in [6, 6.07) is 3.95. The van der Waals surface area contributed by atoms with Gasteiger partial charge < -0.3 is 4.74 Å². The van der Waals surface area contributed by atoms with Gasteiger partial charge in [-0.2, -0.15) is 0 Å². The largest absolute Gasteiger partial charge is 0.467 e. The van der Waals surface area contributed by atoms with Gasteiger partial charge in [0.05, 0.1) is 7.11 Å². The third-order valence-corrected chi connectivity index (χ3v) is 3.66. The minimum atomic E-state index is -0.567. The Bertz CT molecular complexity index is 315. The Morgan fingerprint density at radius 2 is 2.57 bits per heavy atom. The van der Waals surface area contributed by atoms with Crippen LogP contribution in [0.1, 0.15) is 17.7 Å². The van der Waals surface area contributed by atoms with Crippen LogP contribution in [0.5, 0.6) is 0 Å². The second kappa shape index (κ2) is 3.71. The molecule has 0 aliphatic carbocycles. The van der Waals surface area contributed by atoms with Gasteiger partial charge in [0.1, 0.15) is 0 Å². The Hall–Kier alpha value is -0.870. The van der Waals surface area contributed by atoms with Crippen LogP contribution in [0.3, 0.4) is 0 Å². The van der Waals surface area contributed by atoms with Crippen molar-refractivity contribution >= 4 is 17.3 Å². The highest BCUT2D eigenvalue weighted by Gasteiger charge is 2.44. The first-order valence-corrected chi connectivity index (χ1v) is 5.55. The van der Waals surface area contributed by atoms with Gasteiger partial charge in [-0.3, -0.25) is 5.32 Å². The molecule has 3 nitrogen and oxygen atoms in total. The fraction of sp³-hybridized carbons (Fsp3) is 0.500. The van der Waals surface area contributed by atoms with Crippen molar-refractivity contribution < 1.29 is 9.53 Å². The van der Waals surface area contributed by atoms with Gasteiger partial charge in [0.2, 0.25) is 0 Å². The highest BCUT2D eigenvalue weighted by molar-refractivity contribution is 7.10. The van der Waals surface area contributed by atoms with E-state index in [0.717, 1.165) is 24.3 Å². The van der Waals surface area contributed by atoms with Crippen LogP contribution in [0.25, 0.3) is 0 Å². The number of hydrogen-bond donors (Lipinski definition) is 1. The molecule has 1 aromatic heterocycles. The van der Waals surface area contributed by atoms with E-state index < -0.39 is 5.54 Å². The van der Waals surface area contributed by atoms with Crippen molar-refractivity contribution in [2.45, 2.75) is 18.4 Å². The first-order chi connectivity index (χ1) is 6.79. The Morgan fingerprint density at radius 3 is 3.07 bits per heavy atom. The van der Waals surface area contributed by atoms with E-state index in [2.05, 4.69) is 5.32 Å². The third-order valence-electron chi connectivity index (χ3n) is 2.63. The van der Waals surface area contributed by atoms with Crippen LogP contribution in [-0.2, 0) is 15.1 Å². The number of thiophene rings is 1. The number of hydrogen-bond acceptors (Lipinski definition) is 4. The lowest BCUT2D eigenvalue weighted by molar-refractivity contribution is -0.148. The maximum Gasteiger partial charge on any atom is 0.331 e. The Labute approximate surface area is 87.1 Å². The van der Waals surface area contributed by atoms with E-state index in [1.807, 2.05) is 17.5 Å². The molecule has 0 bridgehead atoms. The number of rotatable bonds is 2. The molecule has 1 unspecified atom stereocenters. The second-order valence-electron chi connectivity index (χ2n) is 3.40. The molecule has 1 aliphatic heterocycles. The molecule has 1 atom stereocenters. The lowest BCUT2D eigenvalue weighted by Gasteiger charge is -2.24. The number of ether oxygens (including phenoxy) is 1. The van der Waals surface area contributed by atoms with E-state index in [0.29, 0.717) is 0 Å². The van der Waals surface area contributed by atoms with E-state index >= 15 is 0 Å². The standard InChI is InChI=1S/C10H13NO2S/c1-13-9(12)10(5-3-6-11-10)8-4-2-7-14-8/h2,4,7,11H,3,5-6H2,1H3. The van der Waals surface area contributed by atoms with Crippen LogP contribution in [-0.4, -0.2) is 19.6 Å². The number of carbonyl (C=O) groups excluding carboxylic acids is 1. The normalized spacial score (nSPS) is 26.4. The zero-order valence-electron chi connectivity index (χ0n) is 8.08. The topological polar surface area (TPSA) is 38.3 Å². The quantitative estimate of drug-likeness (QED) is 0.753. The van der Waals surface area contributed by atoms with Crippen LogP contribution >= 0.6 is 11.3 Å². The summed E-state index contributed by atoms with van der Waals surface area (Å²) in [5.74, 6) is -0.169. The smallest absolute Gasteiger partial charge is 0.331 e. The summed E-state index contributed by atoms with van der Waals surface area (Å²) in [4.78, 5) is 12.8. The molecule has 0 radical (unpaired) electrons. The molecule has 2 heterocycles. The fourth-order valence-electron chi connectivity index (χ4n) is 1.92. The molecule has 1 N–H and O–H groups in total. The van der Waals surface area contributed by atoms with Crippen LogP contribution in [0.2, 0.25) is 0 Å². The number of nitrogens with one attached hydrogen (secondary N) is 1. The van der Waals surface area contributed by atoms with Crippen LogP contribution in [0, 0.1) is 0 Å². The van der Waals surface area contributed by atoms with Gasteiger partial charge in [-0.1, -0.05) is 6.07 Å². The predicted molar refractivity (Wildman–Crippen MR) is 55.2 cm³/mol. The minimum Gasteiger partial charge on any atom is -0.467 e. The van der Waals surface area contributed by atoms with Crippen molar-refractivity contribution in [3.8, 4) is 0 Å². The third kappa shape index (κ3) is 1.35. The molecule has 0 saturated carbocycles. The Balaban J connectivity index is 2.36. The molecule has 14 heavy (non-hydrogen) atoms. The van der Waals surface area contributed by atoms with Crippen molar-refractivity contribution in [1.82, 2.24) is 5.32 Å². The summed E-state index contributed by atoms with van der Waals surface area (Å²) in [5.41, 5.74) is -0.567. The summed E-state index contributed by atoms with van der Waals surface area (Å²) < 4.78 is 4.87. The van der Waals surface area contributed by atoms with Crippen molar-refractivity contribution in [3.05, 3.63) is 22.4 Å². The SMILES string of the molecule is COC(=O)C1(c2cccs2)CCCN1. The van der Waals surface area contributed by atoms with E-state index in [-0.39, 0.29) is 5.97 Å². The van der Waals surface area contributed by atoms with Gasteiger partial charge in [0.15, 0.2) is 5.54 Å². The second-order valence-corrected chi connectivity index (χ2v) is 4.35. The highest BCUT2D eigenvalue weighted by atomic mass is 32.1. The molecule has 1 fully saturated rings. The molecular weight excluding hydrogens is 198 g/mol. The van der Waals surface area contributed by atoms with E-state index in [1.54, 1.807) is 11.3 Å². The summed E-state index contributed by atoms with van der Waals surface area (Å²) in [7, 11) is 1.44. The van der Waals surface area contributed by atoms with Gasteiger partial charge in [-0.15, -0.1) is 11.3 Å². The minimum absolute atomic E-state index is 0.169. The van der Waals surface area contributed by atoms with Crippen molar-refractivity contribution in [3.63, 3.8) is 0 Å². The van der Waals surface area contributed by atoms with Crippen molar-refractivity contribution in [2.75, 3.05) is 13.7 Å². The molecule has 4 heteroatoms. The molecule has 76 valence electrons. The molecular formula is C10H13NO2S. The molecule has 1 aromatic rings. The lowest BCUT2D eigenvalue weighted by atomic mass is 9.96. The van der Waals surface area contributed by atoms with Crippen molar-refractivity contribution in [2.24, 2.45) is 0 Å². The van der Waals surface area contributed by atoms with E-state index in [1.165, 1.54) is 7.11 Å². The lowest BCUT2D eigenvalue weighted by Crippen LogP contribution is -2.44. The molecule has 0 spiro atoms. The molecule has 0 amide bonds. The fourth-order valence-corrected chi connectivity index (χ4v) is 2.84. The first kappa shape index (κ1) is 9.68. The molecule has 1 saturated heterocycles. The summed E-state index contributed by atoms with van der Waals surface area (Å²) in [6.07, 6.45) is 1.85. The van der Waals surface area contributed by atoms with E-state index in [4.69, 9.17) is 4.74 Å². The maximum absolute atomic E-state index is 11.8. The zero-order chi connectivity index (χ0) is 10.0. The zero-order valence-corrected chi connectivity index (χ0v) is 8.89. The van der Waals surface area contributed by atoms with Gasteiger partial charge in [0.25, 0.3) is 0 Å². The first-order valence-electron chi connectivity index (χ1n) is 4.67. The summed E-state index contributed by atoms with van der Waals surface area (Å²) in [6.45, 7) is 0.882. The van der Waals surface area contributed by atoms with Crippen LogP contribution in [0.4, 0.5) is 0 Å². The molecule has 0 aromatic carbocycles. The van der Waals surface area contributed by atoms with Crippen LogP contribution in [0.15, 0.2) is 17.5 Å². The molecule has 2 rings (SSSR count). The Kier molecular flexibility index (Phi) is 2.56. The van der Waals surface area contributed by atoms with Gasteiger partial charge in [0, 0.05) is 4.88 Å². The van der Waals surface area contributed by atoms with E-state index in [9.17, 15) is 4.79 Å². The maximum atomic E-state index is 11.8. The predicted octanol–water partition coefficient (Wildman–Crippen LogP) is 1.50. The van der Waals surface area contributed by atoms with Crippen LogP contribution < -0.4 is 5.32 Å². The number of esters is 1. The van der Waals surface area contributed by atoms with Crippen molar-refractivity contribution in [1.29, 1.82) is 0 Å². The Morgan fingerprint density at radius 1 is 1.71 bits per heavy atom. The monoisotopic (exact) mass is 211 g/mol. The average molecular weight is 211 g/mol. The summed E-state index contributed by atoms with van der Waals surface area (Å²) >= 11 is 1.60. The number of methoxy groups -OCH3 is 1. The van der Waals surface area contributed by atoms with Gasteiger partial charge >= 0.3 is 5.97 Å². The molecule has 1 aliphatic rings. The number of carbonyl (C=O) groups is 1. The van der Waals surface area contributed by atoms with Gasteiger partial charge in [-0.25, -0.2) is 4.79 Å². The average Bonchev–Trinajstić information content (AvgIpc) is 2.86.